The van der Waals surface area contributed by atoms with Gasteiger partial charge in [0.05, 0.1) is 26.4 Å². The summed E-state index contributed by atoms with van der Waals surface area (Å²) < 4.78 is 68.7. The Morgan fingerprint density at radius 2 is 0.475 bits per heavy atom. The summed E-state index contributed by atoms with van der Waals surface area (Å²) in [5.41, 5.74) is 0. The van der Waals surface area contributed by atoms with Crippen LogP contribution >= 0.6 is 15.6 Å². The van der Waals surface area contributed by atoms with Crippen molar-refractivity contribution in [1.82, 2.24) is 0 Å². The molecule has 0 aliphatic carbocycles. The third-order valence-electron chi connectivity index (χ3n) is 20.2. The lowest BCUT2D eigenvalue weighted by molar-refractivity contribution is -0.161. The molecule has 17 nitrogen and oxygen atoms in total. The molecule has 8 atom stereocenters. The lowest BCUT2D eigenvalue weighted by atomic mass is 9.99. The van der Waals surface area contributed by atoms with E-state index in [1.807, 2.05) is 0 Å². The number of carbonyl (C=O) groups is 4. The van der Waals surface area contributed by atoms with Crippen LogP contribution in [0.2, 0.25) is 0 Å². The molecule has 0 heterocycles. The Kier molecular flexibility index (Phi) is 69.6. The Hall–Kier alpha value is -1.94. The van der Waals surface area contributed by atoms with Crippen molar-refractivity contribution in [2.24, 2.45) is 23.7 Å². The minimum absolute atomic E-state index is 0.102. The first-order chi connectivity index (χ1) is 48.7. The molecule has 5 unspecified atom stereocenters. The number of rotatable bonds is 79. The predicted octanol–water partition coefficient (Wildman–Crippen LogP) is 24.4. The molecule has 0 aliphatic rings. The van der Waals surface area contributed by atoms with E-state index >= 15 is 0 Å². The highest BCUT2D eigenvalue weighted by molar-refractivity contribution is 7.47. The molecule has 0 saturated carbocycles. The second-order valence-electron chi connectivity index (χ2n) is 30.7. The van der Waals surface area contributed by atoms with Gasteiger partial charge in [0.25, 0.3) is 0 Å². The zero-order valence-corrected chi connectivity index (χ0v) is 68.3. The van der Waals surface area contributed by atoms with Crippen LogP contribution < -0.4 is 0 Å². The first-order valence-electron chi connectivity index (χ1n) is 42.3. The average molecular weight is 1480 g/mol. The number of aliphatic hydroxyl groups excluding tert-OH is 1. The second kappa shape index (κ2) is 71.0. The first kappa shape index (κ1) is 99.1. The van der Waals surface area contributed by atoms with Gasteiger partial charge in [-0.05, 0) is 49.4 Å². The maximum absolute atomic E-state index is 13.1. The van der Waals surface area contributed by atoms with Crippen molar-refractivity contribution < 1.29 is 80.2 Å². The molecular weight excluding hydrogens is 1320 g/mol. The van der Waals surface area contributed by atoms with Crippen LogP contribution in [0.3, 0.4) is 0 Å². The quantitative estimate of drug-likeness (QED) is 0.0222. The van der Waals surface area contributed by atoms with Crippen molar-refractivity contribution in [3.8, 4) is 0 Å². The topological polar surface area (TPSA) is 237 Å². The molecule has 0 radical (unpaired) electrons. The van der Waals surface area contributed by atoms with Gasteiger partial charge in [0, 0.05) is 25.7 Å². The minimum atomic E-state index is -4.96. The predicted molar refractivity (Wildman–Crippen MR) is 414 cm³/mol. The number of unbranched alkanes of at least 4 members (excludes halogenated alkanes) is 42. The molecule has 0 aromatic carbocycles. The van der Waals surface area contributed by atoms with Gasteiger partial charge in [0.1, 0.15) is 19.3 Å². The normalized spacial score (nSPS) is 14.8. The molecule has 0 rings (SSSR count). The number of phosphoric ester groups is 2. The Bertz CT molecular complexity index is 1980. The van der Waals surface area contributed by atoms with E-state index in [-0.39, 0.29) is 25.7 Å². The van der Waals surface area contributed by atoms with Crippen molar-refractivity contribution in [2.45, 2.75) is 440 Å². The fraction of sp³-hybridized carbons (Fsp3) is 0.951. The molecule has 0 spiro atoms. The summed E-state index contributed by atoms with van der Waals surface area (Å²) in [4.78, 5) is 73.0. The summed E-state index contributed by atoms with van der Waals surface area (Å²) in [6.45, 7) is 14.2. The SMILES string of the molecule is CCC(C)CCCCCCCCCCCCCCCCCCCCC(=O)OC[C@H](COP(=O)(O)OC[C@@H](O)COP(=O)(O)OC[C@@H](COC(=O)CCCCCCCCC(C)CC)OC(=O)CCCCCCCCC(C)CC)OC(=O)CCCCCCCCCCCCCCCCCCC(C)C. The lowest BCUT2D eigenvalue weighted by Crippen LogP contribution is -2.30. The highest BCUT2D eigenvalue weighted by Gasteiger charge is 2.30. The average Bonchev–Trinajstić information content (AvgIpc) is 0.919. The van der Waals surface area contributed by atoms with Gasteiger partial charge >= 0.3 is 39.5 Å². The Labute approximate surface area is 619 Å². The summed E-state index contributed by atoms with van der Waals surface area (Å²) in [5, 5.41) is 10.6. The fourth-order valence-electron chi connectivity index (χ4n) is 12.5. The smallest absolute Gasteiger partial charge is 0.462 e. The second-order valence-corrected chi connectivity index (χ2v) is 33.6. The number of carbonyl (C=O) groups excluding carboxylic acids is 4. The molecule has 0 fully saturated rings. The number of phosphoric acid groups is 2. The molecule has 0 aromatic rings. The molecule has 0 bridgehead atoms. The molecule has 600 valence electrons. The molecular formula is C82H160O17P2. The zero-order chi connectivity index (χ0) is 74.6. The summed E-state index contributed by atoms with van der Waals surface area (Å²) >= 11 is 0. The highest BCUT2D eigenvalue weighted by Crippen LogP contribution is 2.45. The Morgan fingerprint density at radius 3 is 0.703 bits per heavy atom. The maximum atomic E-state index is 13.1. The van der Waals surface area contributed by atoms with Crippen LogP contribution in [-0.2, 0) is 65.4 Å². The number of hydrogen-bond acceptors (Lipinski definition) is 15. The zero-order valence-electron chi connectivity index (χ0n) is 66.5. The molecule has 0 amide bonds. The van der Waals surface area contributed by atoms with Gasteiger partial charge in [0.15, 0.2) is 12.2 Å². The van der Waals surface area contributed by atoms with Crippen LogP contribution in [0, 0.1) is 23.7 Å². The number of esters is 4. The molecule has 0 saturated heterocycles. The van der Waals surface area contributed by atoms with Crippen LogP contribution in [0.15, 0.2) is 0 Å². The van der Waals surface area contributed by atoms with Crippen molar-refractivity contribution in [2.75, 3.05) is 39.6 Å². The summed E-state index contributed by atoms with van der Waals surface area (Å²) in [6.07, 6.45) is 58.5. The van der Waals surface area contributed by atoms with Gasteiger partial charge in [-0.3, -0.25) is 37.3 Å². The van der Waals surface area contributed by atoms with Crippen LogP contribution in [0.5, 0.6) is 0 Å². The number of hydrogen-bond donors (Lipinski definition) is 3. The van der Waals surface area contributed by atoms with Gasteiger partial charge < -0.3 is 33.8 Å². The third kappa shape index (κ3) is 72.1. The molecule has 101 heavy (non-hydrogen) atoms. The summed E-state index contributed by atoms with van der Waals surface area (Å²) in [7, 11) is -9.92. The molecule has 19 heteroatoms. The van der Waals surface area contributed by atoms with Gasteiger partial charge in [-0.25, -0.2) is 9.13 Å². The van der Waals surface area contributed by atoms with Gasteiger partial charge in [-0.15, -0.1) is 0 Å². The van der Waals surface area contributed by atoms with E-state index in [1.165, 1.54) is 218 Å². The Morgan fingerprint density at radius 1 is 0.277 bits per heavy atom. The van der Waals surface area contributed by atoms with E-state index in [0.29, 0.717) is 25.7 Å². The van der Waals surface area contributed by atoms with Crippen LogP contribution in [-0.4, -0.2) is 96.7 Å². The third-order valence-corrected chi connectivity index (χ3v) is 22.1. The van der Waals surface area contributed by atoms with Crippen molar-refractivity contribution in [1.29, 1.82) is 0 Å². The van der Waals surface area contributed by atoms with Gasteiger partial charge in [-0.1, -0.05) is 370 Å². The molecule has 3 N–H and O–H groups in total. The van der Waals surface area contributed by atoms with E-state index in [2.05, 4.69) is 55.4 Å². The summed E-state index contributed by atoms with van der Waals surface area (Å²) in [5.74, 6) is 1.02. The van der Waals surface area contributed by atoms with Gasteiger partial charge in [0.2, 0.25) is 0 Å². The van der Waals surface area contributed by atoms with Crippen molar-refractivity contribution >= 4 is 39.5 Å². The summed E-state index contributed by atoms with van der Waals surface area (Å²) in [6, 6.07) is 0. The number of aliphatic hydroxyl groups is 1. The molecule has 0 aliphatic heterocycles. The number of ether oxygens (including phenoxy) is 4. The van der Waals surface area contributed by atoms with E-state index in [4.69, 9.17) is 37.0 Å². The maximum Gasteiger partial charge on any atom is 0.472 e. The lowest BCUT2D eigenvalue weighted by Gasteiger charge is -2.21. The molecule has 0 aromatic heterocycles. The monoisotopic (exact) mass is 1480 g/mol. The van der Waals surface area contributed by atoms with Crippen molar-refractivity contribution in [3.05, 3.63) is 0 Å². The van der Waals surface area contributed by atoms with E-state index in [0.717, 1.165) is 120 Å². The standard InChI is InChI=1S/C82H160O17P2/c1-9-73(6)59-51-43-35-31-27-23-19-14-12-13-15-20-24-28-32-36-46-54-62-79(84)92-68-77(98-81(86)64-56-48-37-33-29-25-21-17-16-18-22-26-30-34-42-50-58-72(4)5)70-96-100(88,89)94-66-76(83)67-95-101(90,91)97-71-78(99-82(87)65-57-49-41-39-45-53-61-75(8)11-3)69-93-80(85)63-55-47-40-38-44-52-60-74(7)10-2/h72-78,83H,9-71H2,1-8H3,(H,88,89)(H,90,91)/t73?,74?,75?,76-,77-,78-/m1/s1. The van der Waals surface area contributed by atoms with Crippen LogP contribution in [0.25, 0.3) is 0 Å². The van der Waals surface area contributed by atoms with E-state index < -0.39 is 97.5 Å². The minimum Gasteiger partial charge on any atom is -0.462 e. The van der Waals surface area contributed by atoms with Crippen LogP contribution in [0.4, 0.5) is 0 Å². The van der Waals surface area contributed by atoms with Gasteiger partial charge in [-0.2, -0.15) is 0 Å². The van der Waals surface area contributed by atoms with E-state index in [1.54, 1.807) is 0 Å². The largest absolute Gasteiger partial charge is 0.472 e. The van der Waals surface area contributed by atoms with E-state index in [9.17, 15) is 43.2 Å². The van der Waals surface area contributed by atoms with Crippen LogP contribution in [0.1, 0.15) is 421 Å². The fourth-order valence-corrected chi connectivity index (χ4v) is 14.1. The highest BCUT2D eigenvalue weighted by atomic mass is 31.2. The van der Waals surface area contributed by atoms with Crippen molar-refractivity contribution in [3.63, 3.8) is 0 Å². The Balaban J connectivity index is 5.19. The first-order valence-corrected chi connectivity index (χ1v) is 45.3.